The number of ether oxygens (including phenoxy) is 1. The molecule has 0 amide bonds. The summed E-state index contributed by atoms with van der Waals surface area (Å²) in [5, 5.41) is 39.3. The summed E-state index contributed by atoms with van der Waals surface area (Å²) in [6.07, 6.45) is -4.63. The zero-order chi connectivity index (χ0) is 23.8. The second-order valence-corrected chi connectivity index (χ2v) is 8.65. The average molecular weight is 502 g/mol. The summed E-state index contributed by atoms with van der Waals surface area (Å²) in [6, 6.07) is 13.8. The van der Waals surface area contributed by atoms with Crippen LogP contribution >= 0.6 is 12.4 Å². The van der Waals surface area contributed by atoms with Gasteiger partial charge in [-0.05, 0) is 54.6 Å². The first kappa shape index (κ1) is 28.6. The van der Waals surface area contributed by atoms with Gasteiger partial charge < -0.3 is 25.2 Å². The highest BCUT2D eigenvalue weighted by molar-refractivity contribution is 5.85. The van der Waals surface area contributed by atoms with E-state index in [1.165, 1.54) is 12.1 Å². The van der Waals surface area contributed by atoms with Gasteiger partial charge in [-0.15, -0.1) is 12.4 Å². The van der Waals surface area contributed by atoms with Crippen LogP contribution in [0.1, 0.15) is 24.8 Å². The Labute approximate surface area is 205 Å². The lowest BCUT2D eigenvalue weighted by Gasteiger charge is -2.23. The van der Waals surface area contributed by atoms with Gasteiger partial charge in [0, 0.05) is 13.1 Å². The molecule has 1 aliphatic heterocycles. The third-order valence-corrected chi connectivity index (χ3v) is 5.98. The molecule has 1 saturated heterocycles. The SMILES string of the molecule is Cl.O[C@H]1[C@H](O)[C@@H](O)CN(CCCCC(F)COCc2ccccc2-c2cccc(F)c2)C[C@@H]1O. The second kappa shape index (κ2) is 14.0. The van der Waals surface area contributed by atoms with Gasteiger partial charge in [0.15, 0.2) is 0 Å². The Hall–Kier alpha value is -1.65. The average Bonchev–Trinajstić information content (AvgIpc) is 2.89. The highest BCUT2D eigenvalue weighted by atomic mass is 35.5. The zero-order valence-corrected chi connectivity index (χ0v) is 19.8. The molecule has 34 heavy (non-hydrogen) atoms. The highest BCUT2D eigenvalue weighted by Crippen LogP contribution is 2.25. The summed E-state index contributed by atoms with van der Waals surface area (Å²) in [7, 11) is 0. The van der Waals surface area contributed by atoms with Crippen LogP contribution in [0.3, 0.4) is 0 Å². The summed E-state index contributed by atoms with van der Waals surface area (Å²) in [5.41, 5.74) is 2.46. The summed E-state index contributed by atoms with van der Waals surface area (Å²) < 4.78 is 33.5. The van der Waals surface area contributed by atoms with Crippen LogP contribution in [0, 0.1) is 5.82 Å². The minimum Gasteiger partial charge on any atom is -0.389 e. The number of β-amino-alcohol motifs (C(OH)–C–C–N with tert-alkyl or cyclic N) is 2. The molecule has 190 valence electrons. The quantitative estimate of drug-likeness (QED) is 0.374. The van der Waals surface area contributed by atoms with E-state index < -0.39 is 30.6 Å². The maximum absolute atomic E-state index is 14.3. The third kappa shape index (κ3) is 8.23. The Morgan fingerprint density at radius 1 is 0.941 bits per heavy atom. The number of aliphatic hydroxyl groups excluding tert-OH is 4. The number of benzene rings is 2. The van der Waals surface area contributed by atoms with E-state index >= 15 is 0 Å². The first-order chi connectivity index (χ1) is 15.8. The zero-order valence-electron chi connectivity index (χ0n) is 19.0. The molecule has 1 heterocycles. The van der Waals surface area contributed by atoms with Crippen molar-refractivity contribution in [1.82, 2.24) is 4.90 Å². The third-order valence-electron chi connectivity index (χ3n) is 5.98. The van der Waals surface area contributed by atoms with E-state index in [1.54, 1.807) is 11.0 Å². The lowest BCUT2D eigenvalue weighted by Crippen LogP contribution is -2.43. The molecule has 0 aliphatic carbocycles. The molecule has 9 heteroatoms. The van der Waals surface area contributed by atoms with Crippen LogP contribution in [0.15, 0.2) is 48.5 Å². The predicted molar refractivity (Wildman–Crippen MR) is 128 cm³/mol. The molecule has 0 radical (unpaired) electrons. The fourth-order valence-corrected chi connectivity index (χ4v) is 4.12. The van der Waals surface area contributed by atoms with Crippen molar-refractivity contribution in [2.24, 2.45) is 0 Å². The number of alkyl halides is 1. The van der Waals surface area contributed by atoms with Crippen LogP contribution < -0.4 is 0 Å². The standard InChI is InChI=1S/C25H33F2NO5.ClH/c26-19-9-5-7-17(12-19)21-10-2-1-6-18(21)15-33-16-20(27)8-3-4-11-28-13-22(29)24(31)25(32)23(30)14-28;/h1-2,5-7,9-10,12,20,22-25,29-32H,3-4,8,11,13-16H2;1H/t20?,22-,23-,24+,25+;/m0./s1. The number of hydrogen-bond donors (Lipinski definition) is 4. The van der Waals surface area contributed by atoms with Crippen molar-refractivity contribution >= 4 is 12.4 Å². The first-order valence-electron chi connectivity index (χ1n) is 11.4. The van der Waals surface area contributed by atoms with E-state index in [-0.39, 0.29) is 44.5 Å². The van der Waals surface area contributed by atoms with Gasteiger partial charge in [-0.2, -0.15) is 0 Å². The van der Waals surface area contributed by atoms with Gasteiger partial charge in [0.25, 0.3) is 0 Å². The van der Waals surface area contributed by atoms with Crippen LogP contribution in [0.25, 0.3) is 11.1 Å². The van der Waals surface area contributed by atoms with Crippen LogP contribution in [-0.4, -0.2) is 82.2 Å². The van der Waals surface area contributed by atoms with Crippen LogP contribution in [-0.2, 0) is 11.3 Å². The highest BCUT2D eigenvalue weighted by Gasteiger charge is 2.35. The van der Waals surface area contributed by atoms with Crippen LogP contribution in [0.2, 0.25) is 0 Å². The normalized spacial score (nSPS) is 24.3. The van der Waals surface area contributed by atoms with E-state index in [0.717, 1.165) is 16.7 Å². The Bertz CT molecular complexity index is 861. The van der Waals surface area contributed by atoms with Crippen molar-refractivity contribution in [3.63, 3.8) is 0 Å². The second-order valence-electron chi connectivity index (χ2n) is 8.65. The van der Waals surface area contributed by atoms with Gasteiger partial charge in [-0.1, -0.05) is 36.4 Å². The molecule has 0 spiro atoms. The lowest BCUT2D eigenvalue weighted by molar-refractivity contribution is -0.0894. The molecule has 2 aromatic rings. The van der Waals surface area contributed by atoms with Crippen LogP contribution in [0.4, 0.5) is 8.78 Å². The maximum atomic E-state index is 14.3. The van der Waals surface area contributed by atoms with Gasteiger partial charge in [0.05, 0.1) is 25.4 Å². The van der Waals surface area contributed by atoms with Gasteiger partial charge in [0.2, 0.25) is 0 Å². The number of likely N-dealkylation sites (tertiary alicyclic amines) is 1. The van der Waals surface area contributed by atoms with Crippen molar-refractivity contribution in [3.8, 4) is 11.1 Å². The number of aliphatic hydroxyl groups is 4. The van der Waals surface area contributed by atoms with E-state index in [9.17, 15) is 29.2 Å². The molecule has 2 aromatic carbocycles. The van der Waals surface area contributed by atoms with Crippen molar-refractivity contribution in [2.75, 3.05) is 26.2 Å². The Morgan fingerprint density at radius 3 is 2.29 bits per heavy atom. The topological polar surface area (TPSA) is 93.4 Å². The molecule has 5 atom stereocenters. The summed E-state index contributed by atoms with van der Waals surface area (Å²) in [6.45, 7) is 0.977. The van der Waals surface area contributed by atoms with E-state index in [2.05, 4.69) is 0 Å². The van der Waals surface area contributed by atoms with E-state index in [4.69, 9.17) is 4.74 Å². The molecule has 1 unspecified atom stereocenters. The number of hydrogen-bond acceptors (Lipinski definition) is 6. The Morgan fingerprint density at radius 2 is 1.62 bits per heavy atom. The van der Waals surface area contributed by atoms with Gasteiger partial charge in [-0.3, -0.25) is 4.90 Å². The molecular weight excluding hydrogens is 468 g/mol. The van der Waals surface area contributed by atoms with Crippen molar-refractivity contribution < 1.29 is 33.9 Å². The molecule has 6 nitrogen and oxygen atoms in total. The fraction of sp³-hybridized carbons (Fsp3) is 0.520. The molecule has 0 bridgehead atoms. The Balaban J connectivity index is 0.00000408. The summed E-state index contributed by atoms with van der Waals surface area (Å²) in [5.74, 6) is -0.316. The number of unbranched alkanes of at least 4 members (excludes halogenated alkanes) is 1. The van der Waals surface area contributed by atoms with Gasteiger partial charge >= 0.3 is 0 Å². The lowest BCUT2D eigenvalue weighted by atomic mass is 10.00. The minimum atomic E-state index is -1.39. The maximum Gasteiger partial charge on any atom is 0.123 e. The van der Waals surface area contributed by atoms with Crippen molar-refractivity contribution in [2.45, 2.75) is 56.5 Å². The summed E-state index contributed by atoms with van der Waals surface area (Å²) in [4.78, 5) is 1.77. The fourth-order valence-electron chi connectivity index (χ4n) is 4.12. The van der Waals surface area contributed by atoms with Crippen molar-refractivity contribution in [3.05, 3.63) is 59.9 Å². The molecule has 0 saturated carbocycles. The Kier molecular flexibility index (Phi) is 11.8. The monoisotopic (exact) mass is 501 g/mol. The van der Waals surface area contributed by atoms with Gasteiger partial charge in [-0.25, -0.2) is 8.78 Å². The minimum absolute atomic E-state index is 0. The van der Waals surface area contributed by atoms with Gasteiger partial charge in [0.1, 0.15) is 24.2 Å². The number of rotatable bonds is 10. The van der Waals surface area contributed by atoms with E-state index in [1.807, 2.05) is 30.3 Å². The molecule has 4 N–H and O–H groups in total. The predicted octanol–water partition coefficient (Wildman–Crippen LogP) is 2.70. The first-order valence-corrected chi connectivity index (χ1v) is 11.4. The smallest absolute Gasteiger partial charge is 0.123 e. The number of halogens is 3. The van der Waals surface area contributed by atoms with Crippen molar-refractivity contribution in [1.29, 1.82) is 0 Å². The summed E-state index contributed by atoms with van der Waals surface area (Å²) >= 11 is 0. The molecule has 1 fully saturated rings. The molecule has 3 rings (SSSR count). The van der Waals surface area contributed by atoms with E-state index in [0.29, 0.717) is 25.8 Å². The molecular formula is C25H34ClF2NO5. The number of nitrogens with zero attached hydrogens (tertiary/aromatic N) is 1. The molecule has 0 aromatic heterocycles. The van der Waals surface area contributed by atoms with Crippen LogP contribution in [0.5, 0.6) is 0 Å². The largest absolute Gasteiger partial charge is 0.389 e. The molecule has 1 aliphatic rings.